The van der Waals surface area contributed by atoms with Crippen LogP contribution in [0.3, 0.4) is 0 Å². The predicted octanol–water partition coefficient (Wildman–Crippen LogP) is 2.18. The molecule has 0 saturated carbocycles. The fraction of sp³-hybridized carbons (Fsp3) is 0.429. The molecule has 1 N–H and O–H groups in total. The highest BCUT2D eigenvalue weighted by Gasteiger charge is 2.22. The van der Waals surface area contributed by atoms with Crippen LogP contribution < -0.4 is 5.32 Å². The molecule has 1 aromatic heterocycles. The van der Waals surface area contributed by atoms with E-state index in [0.717, 1.165) is 25.1 Å². The van der Waals surface area contributed by atoms with Crippen molar-refractivity contribution < 1.29 is 4.42 Å². The Morgan fingerprint density at radius 3 is 3.00 bits per heavy atom. The molecule has 1 atom stereocenters. The maximum atomic E-state index is 6.13. The van der Waals surface area contributed by atoms with Gasteiger partial charge in [0.05, 0.1) is 17.1 Å². The summed E-state index contributed by atoms with van der Waals surface area (Å²) >= 11 is 6.13. The average Bonchev–Trinajstić information content (AvgIpc) is 3.09. The number of hydrogen-bond donors (Lipinski definition) is 1. The van der Waals surface area contributed by atoms with Crippen molar-refractivity contribution >= 4 is 11.6 Å². The van der Waals surface area contributed by atoms with E-state index >= 15 is 0 Å². The molecule has 0 spiro atoms. The molecule has 0 aliphatic carbocycles. The molecule has 1 aliphatic heterocycles. The second kappa shape index (κ2) is 5.91. The van der Waals surface area contributed by atoms with Crippen molar-refractivity contribution in [3.8, 4) is 11.5 Å². The van der Waals surface area contributed by atoms with Gasteiger partial charge >= 0.3 is 0 Å². The lowest BCUT2D eigenvalue weighted by Crippen LogP contribution is -2.29. The summed E-state index contributed by atoms with van der Waals surface area (Å²) in [7, 11) is 2.00. The molecule has 6 heteroatoms. The van der Waals surface area contributed by atoms with Crippen molar-refractivity contribution in [3.63, 3.8) is 0 Å². The van der Waals surface area contributed by atoms with Gasteiger partial charge in [0, 0.05) is 19.1 Å². The third-order valence-electron chi connectivity index (χ3n) is 3.61. The highest BCUT2D eigenvalue weighted by Crippen LogP contribution is 2.26. The normalized spacial score (nSPS) is 19.6. The van der Waals surface area contributed by atoms with Gasteiger partial charge in [-0.2, -0.15) is 0 Å². The van der Waals surface area contributed by atoms with Crippen LogP contribution in [-0.2, 0) is 6.54 Å². The Hall–Kier alpha value is -1.43. The number of aromatic nitrogens is 2. The Morgan fingerprint density at radius 1 is 1.40 bits per heavy atom. The molecule has 20 heavy (non-hydrogen) atoms. The first-order valence-electron chi connectivity index (χ1n) is 6.73. The Balaban J connectivity index is 1.70. The second-order valence-corrected chi connectivity index (χ2v) is 5.40. The Kier molecular flexibility index (Phi) is 4.00. The Morgan fingerprint density at radius 2 is 2.25 bits per heavy atom. The number of benzene rings is 1. The van der Waals surface area contributed by atoms with Gasteiger partial charge in [-0.1, -0.05) is 23.7 Å². The number of likely N-dealkylation sites (N-methyl/N-ethyl adjacent to an activating group) is 1. The van der Waals surface area contributed by atoms with Crippen LogP contribution in [0.5, 0.6) is 0 Å². The highest BCUT2D eigenvalue weighted by atomic mass is 35.5. The molecule has 3 rings (SSSR count). The summed E-state index contributed by atoms with van der Waals surface area (Å²) < 4.78 is 5.71. The minimum atomic E-state index is 0.481. The van der Waals surface area contributed by atoms with Crippen LogP contribution in [0, 0.1) is 0 Å². The fourth-order valence-corrected chi connectivity index (χ4v) is 2.68. The van der Waals surface area contributed by atoms with Crippen LogP contribution >= 0.6 is 11.6 Å². The number of hydrogen-bond acceptors (Lipinski definition) is 5. The van der Waals surface area contributed by atoms with Gasteiger partial charge in [-0.25, -0.2) is 0 Å². The van der Waals surface area contributed by atoms with Gasteiger partial charge in [0.1, 0.15) is 0 Å². The maximum Gasteiger partial charge on any atom is 0.249 e. The first-order valence-corrected chi connectivity index (χ1v) is 7.11. The Labute approximate surface area is 122 Å². The van der Waals surface area contributed by atoms with Gasteiger partial charge in [0.2, 0.25) is 11.8 Å². The van der Waals surface area contributed by atoms with Gasteiger partial charge in [-0.05, 0) is 25.6 Å². The van der Waals surface area contributed by atoms with Crippen LogP contribution in [0.4, 0.5) is 0 Å². The number of nitrogens with one attached hydrogen (secondary N) is 1. The first-order chi connectivity index (χ1) is 9.76. The molecule has 1 aromatic carbocycles. The number of rotatable bonds is 4. The van der Waals surface area contributed by atoms with E-state index in [2.05, 4.69) is 20.4 Å². The molecule has 106 valence electrons. The summed E-state index contributed by atoms with van der Waals surface area (Å²) in [6.07, 6.45) is 1.15. The maximum absolute atomic E-state index is 6.13. The topological polar surface area (TPSA) is 54.2 Å². The quantitative estimate of drug-likeness (QED) is 0.936. The fourth-order valence-electron chi connectivity index (χ4n) is 2.46. The molecule has 1 aliphatic rings. The van der Waals surface area contributed by atoms with E-state index in [1.54, 1.807) is 0 Å². The van der Waals surface area contributed by atoms with Crippen molar-refractivity contribution in [3.05, 3.63) is 35.2 Å². The summed E-state index contributed by atoms with van der Waals surface area (Å²) in [4.78, 5) is 2.31. The summed E-state index contributed by atoms with van der Waals surface area (Å²) in [6, 6.07) is 8.04. The van der Waals surface area contributed by atoms with Crippen LogP contribution in [-0.4, -0.2) is 41.3 Å². The van der Waals surface area contributed by atoms with E-state index in [1.807, 2.05) is 31.3 Å². The lowest BCUT2D eigenvalue weighted by atomic mass is 10.2. The van der Waals surface area contributed by atoms with Crippen LogP contribution in [0.15, 0.2) is 28.7 Å². The number of nitrogens with zero attached hydrogens (tertiary/aromatic N) is 3. The third kappa shape index (κ3) is 2.85. The molecular weight excluding hydrogens is 276 g/mol. The first kappa shape index (κ1) is 13.5. The molecular formula is C14H17ClN4O. The number of halogens is 1. The van der Waals surface area contributed by atoms with Crippen LogP contribution in [0.25, 0.3) is 11.5 Å². The zero-order chi connectivity index (χ0) is 13.9. The summed E-state index contributed by atoms with van der Waals surface area (Å²) in [5.41, 5.74) is 0.780. The Bertz CT molecular complexity index is 586. The average molecular weight is 293 g/mol. The standard InChI is InChI=1S/C14H17ClN4O/c1-16-10-6-7-19(8-10)9-13-17-18-14(20-13)11-4-2-3-5-12(11)15/h2-5,10,16H,6-9H2,1H3. The van der Waals surface area contributed by atoms with Gasteiger partial charge in [-0.3, -0.25) is 4.90 Å². The van der Waals surface area contributed by atoms with E-state index in [4.69, 9.17) is 16.0 Å². The summed E-state index contributed by atoms with van der Waals surface area (Å²) in [5.74, 6) is 1.12. The smallest absolute Gasteiger partial charge is 0.249 e. The zero-order valence-corrected chi connectivity index (χ0v) is 12.1. The minimum absolute atomic E-state index is 0.481. The molecule has 2 aromatic rings. The molecule has 1 unspecified atom stereocenters. The van der Waals surface area contributed by atoms with Crippen molar-refractivity contribution in [2.24, 2.45) is 0 Å². The molecule has 1 fully saturated rings. The van der Waals surface area contributed by atoms with E-state index in [-0.39, 0.29) is 0 Å². The number of likely N-dealkylation sites (tertiary alicyclic amines) is 1. The van der Waals surface area contributed by atoms with Crippen molar-refractivity contribution in [2.45, 2.75) is 19.0 Å². The van der Waals surface area contributed by atoms with Gasteiger partial charge in [-0.15, -0.1) is 10.2 Å². The summed E-state index contributed by atoms with van der Waals surface area (Å²) in [5, 5.41) is 12.1. The van der Waals surface area contributed by atoms with Crippen molar-refractivity contribution in [1.82, 2.24) is 20.4 Å². The molecule has 5 nitrogen and oxygen atoms in total. The molecule has 0 amide bonds. The summed E-state index contributed by atoms with van der Waals surface area (Å²) in [6.45, 7) is 2.76. The van der Waals surface area contributed by atoms with Gasteiger partial charge in [0.15, 0.2) is 0 Å². The lowest BCUT2D eigenvalue weighted by molar-refractivity contribution is 0.286. The second-order valence-electron chi connectivity index (χ2n) is 4.99. The molecule has 1 saturated heterocycles. The molecule has 2 heterocycles. The third-order valence-corrected chi connectivity index (χ3v) is 3.94. The van der Waals surface area contributed by atoms with Gasteiger partial charge in [0.25, 0.3) is 0 Å². The van der Waals surface area contributed by atoms with Gasteiger partial charge < -0.3 is 9.73 Å². The van der Waals surface area contributed by atoms with Crippen molar-refractivity contribution in [2.75, 3.05) is 20.1 Å². The highest BCUT2D eigenvalue weighted by molar-refractivity contribution is 6.33. The zero-order valence-electron chi connectivity index (χ0n) is 11.3. The monoisotopic (exact) mass is 292 g/mol. The van der Waals surface area contributed by atoms with Crippen LogP contribution in [0.2, 0.25) is 5.02 Å². The molecule has 0 bridgehead atoms. The van der Waals surface area contributed by atoms with E-state index in [9.17, 15) is 0 Å². The van der Waals surface area contributed by atoms with Crippen LogP contribution in [0.1, 0.15) is 12.3 Å². The van der Waals surface area contributed by atoms with Crippen molar-refractivity contribution in [1.29, 1.82) is 0 Å². The largest absolute Gasteiger partial charge is 0.419 e. The van der Waals surface area contributed by atoms with E-state index in [0.29, 0.717) is 29.4 Å². The molecule has 0 radical (unpaired) electrons. The van der Waals surface area contributed by atoms with E-state index in [1.165, 1.54) is 0 Å². The lowest BCUT2D eigenvalue weighted by Gasteiger charge is -2.12. The van der Waals surface area contributed by atoms with E-state index < -0.39 is 0 Å². The SMILES string of the molecule is CNC1CCN(Cc2nnc(-c3ccccc3Cl)o2)C1. The predicted molar refractivity (Wildman–Crippen MR) is 77.5 cm³/mol. The minimum Gasteiger partial charge on any atom is -0.419 e.